The average molecular weight is 490 g/mol. The highest BCUT2D eigenvalue weighted by Gasteiger charge is 2.24. The van der Waals surface area contributed by atoms with Crippen molar-refractivity contribution in [2.45, 2.75) is 24.8 Å². The third-order valence-electron chi connectivity index (χ3n) is 6.56. The van der Waals surface area contributed by atoms with Gasteiger partial charge < -0.3 is 14.5 Å². The van der Waals surface area contributed by atoms with Gasteiger partial charge in [0.15, 0.2) is 12.3 Å². The number of esters is 1. The van der Waals surface area contributed by atoms with Gasteiger partial charge >= 0.3 is 5.97 Å². The summed E-state index contributed by atoms with van der Waals surface area (Å²) in [5.74, 6) is 0.230. The van der Waals surface area contributed by atoms with Gasteiger partial charge in [0, 0.05) is 11.9 Å². The first-order valence-corrected chi connectivity index (χ1v) is 12.6. The van der Waals surface area contributed by atoms with Crippen LogP contribution in [0.1, 0.15) is 45.6 Å². The Bertz CT molecular complexity index is 1170. The van der Waals surface area contributed by atoms with Crippen LogP contribution in [0.5, 0.6) is 0 Å². The number of carbonyl (C=O) groups excluding carboxylic acids is 2. The molecule has 1 aromatic heterocycles. The number of ether oxygens (including phenoxy) is 1. The molecule has 2 aromatic carbocycles. The molecule has 0 saturated carbocycles. The molecule has 0 spiro atoms. The van der Waals surface area contributed by atoms with Crippen molar-refractivity contribution in [2.24, 2.45) is 4.99 Å². The van der Waals surface area contributed by atoms with Crippen molar-refractivity contribution in [1.82, 2.24) is 9.80 Å². The van der Waals surface area contributed by atoms with Crippen LogP contribution in [0.25, 0.3) is 10.4 Å². The summed E-state index contributed by atoms with van der Waals surface area (Å²) in [5, 5.41) is 0. The lowest BCUT2D eigenvalue weighted by Gasteiger charge is -2.29. The number of thiophene rings is 1. The zero-order valence-electron chi connectivity index (χ0n) is 20.4. The number of aliphatic imine (C=N–C) groups is 1. The molecule has 7 heteroatoms. The fraction of sp³-hybridized carbons (Fsp3) is 0.321. The van der Waals surface area contributed by atoms with Crippen LogP contribution in [0.2, 0.25) is 0 Å². The van der Waals surface area contributed by atoms with Crippen molar-refractivity contribution in [2.75, 3.05) is 34.3 Å². The summed E-state index contributed by atoms with van der Waals surface area (Å²) in [6.45, 7) is 2.27. The van der Waals surface area contributed by atoms with Gasteiger partial charge in [-0.15, -0.1) is 11.3 Å². The van der Waals surface area contributed by atoms with Crippen LogP contribution in [0.15, 0.2) is 65.7 Å². The minimum absolute atomic E-state index is 0.378. The van der Waals surface area contributed by atoms with E-state index in [2.05, 4.69) is 41.2 Å². The molecule has 3 aromatic rings. The first-order valence-electron chi connectivity index (χ1n) is 11.8. The molecule has 35 heavy (non-hydrogen) atoms. The van der Waals surface area contributed by atoms with Gasteiger partial charge in [-0.1, -0.05) is 54.6 Å². The molecule has 4 rings (SSSR count). The SMILES string of the molecule is COC(=O)C(c1ccccc1)N(C)/C=N\c1cc(-c2ccc(C3CCN(C)CC3)cc2)sc1C=O. The lowest BCUT2D eigenvalue weighted by molar-refractivity contribution is -0.145. The van der Waals surface area contributed by atoms with Gasteiger partial charge in [0.05, 0.1) is 24.0 Å². The predicted molar refractivity (Wildman–Crippen MR) is 142 cm³/mol. The van der Waals surface area contributed by atoms with Gasteiger partial charge in [-0.25, -0.2) is 9.79 Å². The van der Waals surface area contributed by atoms with Gasteiger partial charge in [0.25, 0.3) is 0 Å². The molecule has 1 saturated heterocycles. The van der Waals surface area contributed by atoms with Crippen LogP contribution >= 0.6 is 11.3 Å². The monoisotopic (exact) mass is 489 g/mol. The number of likely N-dealkylation sites (N-methyl/N-ethyl adjacent to an activating group) is 1. The maximum atomic E-state index is 12.5. The molecule has 1 aliphatic rings. The van der Waals surface area contributed by atoms with E-state index in [4.69, 9.17) is 4.74 Å². The number of nitrogens with zero attached hydrogens (tertiary/aromatic N) is 3. The van der Waals surface area contributed by atoms with Crippen molar-refractivity contribution in [1.29, 1.82) is 0 Å². The van der Waals surface area contributed by atoms with E-state index >= 15 is 0 Å². The molecule has 1 aliphatic heterocycles. The molecule has 1 unspecified atom stereocenters. The molecule has 0 radical (unpaired) electrons. The number of benzene rings is 2. The second-order valence-corrected chi connectivity index (χ2v) is 10.0. The predicted octanol–water partition coefficient (Wildman–Crippen LogP) is 5.54. The van der Waals surface area contributed by atoms with Crippen molar-refractivity contribution < 1.29 is 14.3 Å². The van der Waals surface area contributed by atoms with Crippen molar-refractivity contribution >= 4 is 35.6 Å². The number of methoxy groups -OCH3 is 1. The first kappa shape index (κ1) is 24.8. The Balaban J connectivity index is 1.52. The van der Waals surface area contributed by atoms with Crippen molar-refractivity contribution in [3.05, 3.63) is 76.7 Å². The first-order chi connectivity index (χ1) is 17.0. The average Bonchev–Trinajstić information content (AvgIpc) is 3.32. The van der Waals surface area contributed by atoms with Gasteiger partial charge in [-0.3, -0.25) is 4.79 Å². The Morgan fingerprint density at radius 1 is 1.14 bits per heavy atom. The molecule has 182 valence electrons. The van der Waals surface area contributed by atoms with E-state index in [0.29, 0.717) is 16.5 Å². The number of piperidine rings is 1. The molecular weight excluding hydrogens is 458 g/mol. The van der Waals surface area contributed by atoms with Crippen molar-refractivity contribution in [3.63, 3.8) is 0 Å². The molecule has 0 amide bonds. The zero-order chi connectivity index (χ0) is 24.8. The van der Waals surface area contributed by atoms with Crippen LogP contribution < -0.4 is 0 Å². The van der Waals surface area contributed by atoms with Crippen LogP contribution in [-0.2, 0) is 9.53 Å². The van der Waals surface area contributed by atoms with E-state index in [1.54, 1.807) is 18.3 Å². The highest BCUT2D eigenvalue weighted by atomic mass is 32.1. The molecule has 2 heterocycles. The molecule has 0 N–H and O–H groups in total. The van der Waals surface area contributed by atoms with E-state index in [0.717, 1.165) is 35.4 Å². The molecule has 1 fully saturated rings. The van der Waals surface area contributed by atoms with E-state index < -0.39 is 6.04 Å². The Labute approximate surface area is 210 Å². The number of carbonyl (C=O) groups is 2. The Morgan fingerprint density at radius 3 is 2.46 bits per heavy atom. The lowest BCUT2D eigenvalue weighted by Crippen LogP contribution is -2.30. The number of hydrogen-bond donors (Lipinski definition) is 0. The number of likely N-dealkylation sites (tertiary alicyclic amines) is 1. The standard InChI is InChI=1S/C28H31N3O3S/c1-30-15-13-21(14-16-30)20-9-11-22(12-10-20)25-17-24(26(18-32)35-25)29-19-31(2)27(28(33)34-3)23-7-5-4-6-8-23/h4-12,17-19,21,27H,13-16H2,1-3H3/b29-19-. The fourth-order valence-electron chi connectivity index (χ4n) is 4.49. The topological polar surface area (TPSA) is 62.2 Å². The van der Waals surface area contributed by atoms with Gasteiger partial charge in [-0.05, 0) is 61.7 Å². The summed E-state index contributed by atoms with van der Waals surface area (Å²) in [6, 6.07) is 19.4. The fourth-order valence-corrected chi connectivity index (χ4v) is 5.41. The van der Waals surface area contributed by atoms with Gasteiger partial charge in [0.1, 0.15) is 0 Å². The van der Waals surface area contributed by atoms with Crippen LogP contribution in [0.4, 0.5) is 5.69 Å². The van der Waals surface area contributed by atoms with E-state index in [-0.39, 0.29) is 5.97 Å². The minimum atomic E-state index is -0.630. The summed E-state index contributed by atoms with van der Waals surface area (Å²) in [5.41, 5.74) is 3.84. The van der Waals surface area contributed by atoms with Gasteiger partial charge in [-0.2, -0.15) is 0 Å². The second-order valence-electron chi connectivity index (χ2n) is 8.92. The number of rotatable bonds is 8. The highest BCUT2D eigenvalue weighted by molar-refractivity contribution is 7.17. The number of hydrogen-bond acceptors (Lipinski definition) is 6. The quantitative estimate of drug-likeness (QED) is 0.180. The van der Waals surface area contributed by atoms with E-state index in [9.17, 15) is 9.59 Å². The third-order valence-corrected chi connectivity index (χ3v) is 7.66. The highest BCUT2D eigenvalue weighted by Crippen LogP contribution is 2.37. The normalized spacial score (nSPS) is 15.7. The zero-order valence-corrected chi connectivity index (χ0v) is 21.2. The molecule has 0 bridgehead atoms. The minimum Gasteiger partial charge on any atom is -0.467 e. The molecule has 0 aliphatic carbocycles. The summed E-state index contributed by atoms with van der Waals surface area (Å²) in [7, 11) is 5.32. The molecule has 1 atom stereocenters. The number of aldehydes is 1. The second kappa shape index (κ2) is 11.4. The summed E-state index contributed by atoms with van der Waals surface area (Å²) in [6.07, 6.45) is 4.79. The maximum Gasteiger partial charge on any atom is 0.333 e. The largest absolute Gasteiger partial charge is 0.467 e. The van der Waals surface area contributed by atoms with Crippen LogP contribution in [0, 0.1) is 0 Å². The smallest absolute Gasteiger partial charge is 0.333 e. The van der Waals surface area contributed by atoms with E-state index in [1.807, 2.05) is 36.4 Å². The van der Waals surface area contributed by atoms with Gasteiger partial charge in [0.2, 0.25) is 0 Å². The third kappa shape index (κ3) is 5.86. The lowest BCUT2D eigenvalue weighted by atomic mass is 9.89. The molecular formula is C28H31N3O3S. The van der Waals surface area contributed by atoms with Crippen LogP contribution in [0.3, 0.4) is 0 Å². The summed E-state index contributed by atoms with van der Waals surface area (Å²) in [4.78, 5) is 34.4. The maximum absolute atomic E-state index is 12.5. The molecule has 6 nitrogen and oxygen atoms in total. The van der Waals surface area contributed by atoms with Crippen molar-refractivity contribution in [3.8, 4) is 10.4 Å². The Hall–Kier alpha value is -3.29. The Kier molecular flexibility index (Phi) is 8.10. The van der Waals surface area contributed by atoms with E-state index in [1.165, 1.54) is 36.9 Å². The summed E-state index contributed by atoms with van der Waals surface area (Å²) >= 11 is 1.42. The Morgan fingerprint density at radius 2 is 1.83 bits per heavy atom. The summed E-state index contributed by atoms with van der Waals surface area (Å²) < 4.78 is 5.01. The van der Waals surface area contributed by atoms with Crippen LogP contribution in [-0.4, -0.2) is 62.7 Å².